The number of hydrogen-bond donors (Lipinski definition) is 1. The number of benzene rings is 1. The summed E-state index contributed by atoms with van der Waals surface area (Å²) in [4.78, 5) is 1.88. The minimum absolute atomic E-state index is 0.294. The first-order chi connectivity index (χ1) is 7.17. The Kier molecular flexibility index (Phi) is 4.50. The molecule has 0 heterocycles. The lowest BCUT2D eigenvalue weighted by atomic mass is 10.2. The second-order valence-electron chi connectivity index (χ2n) is 3.23. The molecule has 0 atom stereocenters. The van der Waals surface area contributed by atoms with Crippen LogP contribution in [0.1, 0.15) is 19.4 Å². The maximum atomic E-state index is 9.79. The maximum Gasteiger partial charge on any atom is 0.187 e. The zero-order valence-corrected chi connectivity index (χ0v) is 9.83. The highest BCUT2D eigenvalue weighted by Crippen LogP contribution is 2.13. The lowest BCUT2D eigenvalue weighted by molar-refractivity contribution is 0.221. The molecule has 1 aromatic rings. The van der Waals surface area contributed by atoms with Gasteiger partial charge >= 0.3 is 0 Å². The fraction of sp³-hybridized carbons (Fsp3) is 0.333. The molecule has 0 amide bonds. The van der Waals surface area contributed by atoms with Gasteiger partial charge in [-0.2, -0.15) is 0 Å². The molecular weight excluding hydrogens is 210 g/mol. The number of rotatable bonds is 4. The molecule has 0 aliphatic carbocycles. The van der Waals surface area contributed by atoms with Gasteiger partial charge in [-0.1, -0.05) is 23.7 Å². The first kappa shape index (κ1) is 11.9. The average Bonchev–Trinajstić information content (AvgIpc) is 2.23. The molecule has 3 heteroatoms. The van der Waals surface area contributed by atoms with Crippen molar-refractivity contribution >= 4 is 17.7 Å². The second-order valence-corrected chi connectivity index (χ2v) is 3.66. The van der Waals surface area contributed by atoms with Crippen molar-refractivity contribution in [2.45, 2.75) is 13.8 Å². The van der Waals surface area contributed by atoms with Gasteiger partial charge in [0.05, 0.1) is 0 Å². The fourth-order valence-corrected chi connectivity index (χ4v) is 1.47. The van der Waals surface area contributed by atoms with E-state index >= 15 is 0 Å². The monoisotopic (exact) mass is 225 g/mol. The van der Waals surface area contributed by atoms with Crippen molar-refractivity contribution in [2.24, 2.45) is 0 Å². The van der Waals surface area contributed by atoms with Gasteiger partial charge in [-0.15, -0.1) is 0 Å². The van der Waals surface area contributed by atoms with Crippen molar-refractivity contribution in [1.82, 2.24) is 4.90 Å². The Morgan fingerprint density at radius 1 is 1.27 bits per heavy atom. The first-order valence-corrected chi connectivity index (χ1v) is 5.46. The molecule has 0 bridgehead atoms. The normalized spacial score (nSPS) is 11.5. The molecule has 0 unspecified atom stereocenters. The summed E-state index contributed by atoms with van der Waals surface area (Å²) in [6.07, 6.45) is 1.74. The molecular formula is C12H16ClNO. The van der Waals surface area contributed by atoms with Crippen molar-refractivity contribution in [1.29, 1.82) is 0 Å². The topological polar surface area (TPSA) is 23.5 Å². The van der Waals surface area contributed by atoms with Crippen molar-refractivity contribution in [3.63, 3.8) is 0 Å². The van der Waals surface area contributed by atoms with Crippen LogP contribution in [0.5, 0.6) is 0 Å². The Labute approximate surface area is 95.8 Å². The molecule has 82 valence electrons. The third kappa shape index (κ3) is 3.48. The summed E-state index contributed by atoms with van der Waals surface area (Å²) in [6.45, 7) is 5.61. The van der Waals surface area contributed by atoms with E-state index in [1.165, 1.54) is 0 Å². The lowest BCUT2D eigenvalue weighted by Gasteiger charge is -2.19. The molecule has 0 fully saturated rings. The minimum atomic E-state index is 0.294. The zero-order chi connectivity index (χ0) is 11.3. The zero-order valence-electron chi connectivity index (χ0n) is 9.07. The van der Waals surface area contributed by atoms with Gasteiger partial charge < -0.3 is 10.0 Å². The SMILES string of the molecule is CCN(CC)/C(O)=C/c1ccc(Cl)cc1. The van der Waals surface area contributed by atoms with Gasteiger partial charge in [0.15, 0.2) is 5.88 Å². The molecule has 0 aliphatic heterocycles. The van der Waals surface area contributed by atoms with E-state index in [4.69, 9.17) is 11.6 Å². The molecule has 0 aliphatic rings. The lowest BCUT2D eigenvalue weighted by Crippen LogP contribution is -2.21. The molecule has 1 N–H and O–H groups in total. The Bertz CT molecular complexity index is 328. The molecule has 15 heavy (non-hydrogen) atoms. The fourth-order valence-electron chi connectivity index (χ4n) is 1.35. The predicted octanol–water partition coefficient (Wildman–Crippen LogP) is 3.54. The smallest absolute Gasteiger partial charge is 0.187 e. The molecule has 0 aromatic heterocycles. The van der Waals surface area contributed by atoms with Crippen LogP contribution in [0.15, 0.2) is 30.1 Å². The minimum Gasteiger partial charge on any atom is -0.495 e. The number of hydrogen-bond acceptors (Lipinski definition) is 2. The molecule has 0 radical (unpaired) electrons. The van der Waals surface area contributed by atoms with Crippen molar-refractivity contribution in [3.8, 4) is 0 Å². The summed E-state index contributed by atoms with van der Waals surface area (Å²) in [5.74, 6) is 0.294. The molecule has 1 aromatic carbocycles. The van der Waals surface area contributed by atoms with Gasteiger partial charge in [-0.3, -0.25) is 0 Å². The van der Waals surface area contributed by atoms with E-state index in [1.54, 1.807) is 6.08 Å². The number of aliphatic hydroxyl groups excluding tert-OH is 1. The summed E-state index contributed by atoms with van der Waals surface area (Å²) in [7, 11) is 0. The van der Waals surface area contributed by atoms with E-state index in [1.807, 2.05) is 43.0 Å². The molecule has 0 spiro atoms. The highest BCUT2D eigenvalue weighted by Gasteiger charge is 2.02. The predicted molar refractivity (Wildman–Crippen MR) is 65.0 cm³/mol. The van der Waals surface area contributed by atoms with Gasteiger partial charge in [0.1, 0.15) is 0 Å². The van der Waals surface area contributed by atoms with E-state index in [0.29, 0.717) is 10.9 Å². The van der Waals surface area contributed by atoms with Gasteiger partial charge in [0, 0.05) is 24.2 Å². The summed E-state index contributed by atoms with van der Waals surface area (Å²) in [5, 5.41) is 10.5. The Hall–Kier alpha value is -1.15. The summed E-state index contributed by atoms with van der Waals surface area (Å²) >= 11 is 5.77. The standard InChI is InChI=1S/C12H16ClNO/c1-3-14(4-2)12(15)9-10-5-7-11(13)8-6-10/h5-9,15H,3-4H2,1-2H3/b12-9-. The third-order valence-corrected chi connectivity index (χ3v) is 2.51. The molecule has 1 rings (SSSR count). The van der Waals surface area contributed by atoms with E-state index in [9.17, 15) is 5.11 Å². The average molecular weight is 226 g/mol. The summed E-state index contributed by atoms with van der Waals surface area (Å²) in [5.41, 5.74) is 0.948. The van der Waals surface area contributed by atoms with E-state index < -0.39 is 0 Å². The van der Waals surface area contributed by atoms with E-state index in [0.717, 1.165) is 18.7 Å². The largest absolute Gasteiger partial charge is 0.495 e. The highest BCUT2D eigenvalue weighted by atomic mass is 35.5. The first-order valence-electron chi connectivity index (χ1n) is 5.08. The van der Waals surface area contributed by atoms with Crippen LogP contribution in [-0.2, 0) is 0 Å². The quantitative estimate of drug-likeness (QED) is 0.793. The van der Waals surface area contributed by atoms with Gasteiger partial charge in [-0.05, 0) is 31.5 Å². The van der Waals surface area contributed by atoms with Crippen LogP contribution < -0.4 is 0 Å². The second kappa shape index (κ2) is 5.66. The van der Waals surface area contributed by atoms with Crippen molar-refractivity contribution in [3.05, 3.63) is 40.7 Å². The van der Waals surface area contributed by atoms with Gasteiger partial charge in [0.25, 0.3) is 0 Å². The number of halogens is 1. The van der Waals surface area contributed by atoms with Crippen LogP contribution in [0, 0.1) is 0 Å². The van der Waals surface area contributed by atoms with E-state index in [-0.39, 0.29) is 0 Å². The molecule has 2 nitrogen and oxygen atoms in total. The highest BCUT2D eigenvalue weighted by molar-refractivity contribution is 6.30. The maximum absolute atomic E-state index is 9.79. The van der Waals surface area contributed by atoms with Crippen LogP contribution in [0.25, 0.3) is 6.08 Å². The Morgan fingerprint density at radius 2 is 1.80 bits per heavy atom. The van der Waals surface area contributed by atoms with Crippen LogP contribution in [0.4, 0.5) is 0 Å². The Morgan fingerprint density at radius 3 is 2.27 bits per heavy atom. The van der Waals surface area contributed by atoms with Gasteiger partial charge in [-0.25, -0.2) is 0 Å². The van der Waals surface area contributed by atoms with Crippen LogP contribution in [0.3, 0.4) is 0 Å². The van der Waals surface area contributed by atoms with Crippen molar-refractivity contribution in [2.75, 3.05) is 13.1 Å². The number of nitrogens with zero attached hydrogens (tertiary/aromatic N) is 1. The van der Waals surface area contributed by atoms with Crippen LogP contribution in [0.2, 0.25) is 5.02 Å². The molecule has 0 saturated carbocycles. The third-order valence-electron chi connectivity index (χ3n) is 2.25. The summed E-state index contributed by atoms with van der Waals surface area (Å²) in [6, 6.07) is 7.37. The van der Waals surface area contributed by atoms with Crippen LogP contribution in [-0.4, -0.2) is 23.1 Å². The van der Waals surface area contributed by atoms with Crippen LogP contribution >= 0.6 is 11.6 Å². The Balaban J connectivity index is 2.81. The van der Waals surface area contributed by atoms with E-state index in [2.05, 4.69) is 0 Å². The molecule has 0 saturated heterocycles. The van der Waals surface area contributed by atoms with Gasteiger partial charge in [0.2, 0.25) is 0 Å². The summed E-state index contributed by atoms with van der Waals surface area (Å²) < 4.78 is 0. The number of aliphatic hydroxyl groups is 1. The van der Waals surface area contributed by atoms with Crippen molar-refractivity contribution < 1.29 is 5.11 Å².